The zero-order chi connectivity index (χ0) is 19.1. The molecule has 1 aromatic heterocycles. The number of H-pyrrole nitrogens is 1. The number of aromatic nitrogens is 1. The van der Waals surface area contributed by atoms with E-state index in [-0.39, 0.29) is 5.91 Å². The number of aromatic amines is 1. The predicted molar refractivity (Wildman–Crippen MR) is 111 cm³/mol. The maximum Gasteiger partial charge on any atom is 0.255 e. The lowest BCUT2D eigenvalue weighted by molar-refractivity contribution is 0.0902. The Morgan fingerprint density at radius 3 is 2.54 bits per heavy atom. The first-order valence-corrected chi connectivity index (χ1v) is 11.5. The van der Waals surface area contributed by atoms with Gasteiger partial charge in [-0.15, -0.1) is 0 Å². The van der Waals surface area contributed by atoms with Gasteiger partial charge >= 0.3 is 0 Å². The molecule has 1 amide bonds. The fourth-order valence-corrected chi connectivity index (χ4v) is 5.14. The Labute approximate surface area is 167 Å². The zero-order valence-corrected chi connectivity index (χ0v) is 17.0. The van der Waals surface area contributed by atoms with Crippen molar-refractivity contribution in [3.05, 3.63) is 34.2 Å². The van der Waals surface area contributed by atoms with Gasteiger partial charge in [-0.1, -0.05) is 38.3 Å². The second kappa shape index (κ2) is 7.53. The summed E-state index contributed by atoms with van der Waals surface area (Å²) in [5.41, 5.74) is 1.93. The number of hydrogen-bond donors (Lipinski definition) is 2. The fraction of sp³-hybridized carbons (Fsp3) is 0.667. The third kappa shape index (κ3) is 3.70. The van der Waals surface area contributed by atoms with E-state index in [0.717, 1.165) is 22.7 Å². The topological polar surface area (TPSA) is 57.2 Å². The molecular weight excluding hydrogens is 346 g/mol. The van der Waals surface area contributed by atoms with Crippen molar-refractivity contribution in [2.75, 3.05) is 0 Å². The molecule has 0 saturated heterocycles. The number of amides is 1. The molecule has 3 saturated carbocycles. The van der Waals surface area contributed by atoms with Crippen LogP contribution in [0.15, 0.2) is 23.0 Å². The summed E-state index contributed by atoms with van der Waals surface area (Å²) in [4.78, 5) is 21.6. The third-order valence-corrected chi connectivity index (χ3v) is 7.19. The molecule has 3 aliphatic carbocycles. The van der Waals surface area contributed by atoms with E-state index in [1.807, 2.05) is 6.20 Å². The predicted octanol–water partition coefficient (Wildman–Crippen LogP) is 3.84. The third-order valence-electron chi connectivity index (χ3n) is 7.19. The molecule has 2 heterocycles. The molecular formula is C24H33N3O. The Hall–Kier alpha value is -1.84. The second-order valence-corrected chi connectivity index (χ2v) is 9.42. The van der Waals surface area contributed by atoms with Gasteiger partial charge in [0.15, 0.2) is 0 Å². The van der Waals surface area contributed by atoms with Gasteiger partial charge in [0.25, 0.3) is 5.91 Å². The van der Waals surface area contributed by atoms with E-state index in [2.05, 4.69) is 29.4 Å². The minimum Gasteiger partial charge on any atom is -0.359 e. The summed E-state index contributed by atoms with van der Waals surface area (Å²) in [6, 6.07) is 0.356. The highest BCUT2D eigenvalue weighted by atomic mass is 16.1. The molecule has 2 N–H and O–H groups in total. The molecule has 0 aromatic carbocycles. The van der Waals surface area contributed by atoms with Crippen LogP contribution in [-0.2, 0) is 0 Å². The lowest BCUT2D eigenvalue weighted by Gasteiger charge is -2.31. The first kappa shape index (κ1) is 18.2. The van der Waals surface area contributed by atoms with Gasteiger partial charge in [0.2, 0.25) is 0 Å². The molecule has 4 nitrogen and oxygen atoms in total. The molecule has 4 heteroatoms. The van der Waals surface area contributed by atoms with E-state index in [9.17, 15) is 4.79 Å². The summed E-state index contributed by atoms with van der Waals surface area (Å²) in [7, 11) is 0. The normalized spacial score (nSPS) is 26.3. The van der Waals surface area contributed by atoms with E-state index in [4.69, 9.17) is 4.99 Å². The first-order chi connectivity index (χ1) is 13.7. The van der Waals surface area contributed by atoms with Crippen LogP contribution >= 0.6 is 0 Å². The minimum atomic E-state index is 0.0715. The molecule has 28 heavy (non-hydrogen) atoms. The highest BCUT2D eigenvalue weighted by Gasteiger charge is 2.38. The quantitative estimate of drug-likeness (QED) is 0.775. The standard InChI is InChI=1S/C24H33N3O/c1-2-15-12-20(16-8-9-16)26-23-19(14-25-21(23)13-15)24(28)27-22(18-10-11-18)17-6-4-3-5-7-17/h12-18,22,25H,2-11H2,1H3,(H,27,28). The molecule has 3 fully saturated rings. The largest absolute Gasteiger partial charge is 0.359 e. The molecule has 0 spiro atoms. The Morgan fingerprint density at radius 1 is 1.11 bits per heavy atom. The summed E-state index contributed by atoms with van der Waals surface area (Å²) in [6.45, 7) is 2.22. The number of nitrogens with one attached hydrogen (secondary N) is 2. The smallest absolute Gasteiger partial charge is 0.255 e. The summed E-state index contributed by atoms with van der Waals surface area (Å²) >= 11 is 0. The second-order valence-electron chi connectivity index (χ2n) is 9.42. The van der Waals surface area contributed by atoms with Crippen molar-refractivity contribution in [3.8, 4) is 0 Å². The van der Waals surface area contributed by atoms with Gasteiger partial charge in [0.1, 0.15) is 5.36 Å². The molecule has 4 aliphatic rings. The SMILES string of the molecule is CCC1C=C(C2CC2)N=c2c(C(=O)NC(C3CCCCC3)C3CC3)c[nH]c2=C1. The van der Waals surface area contributed by atoms with Crippen LogP contribution in [0.2, 0.25) is 0 Å². The number of carbonyl (C=O) groups is 1. The monoisotopic (exact) mass is 379 g/mol. The summed E-state index contributed by atoms with van der Waals surface area (Å²) in [5.74, 6) is 2.43. The van der Waals surface area contributed by atoms with Crippen molar-refractivity contribution in [3.63, 3.8) is 0 Å². The maximum absolute atomic E-state index is 13.3. The molecule has 1 aromatic rings. The number of fused-ring (bicyclic) bond motifs is 1. The van der Waals surface area contributed by atoms with Crippen molar-refractivity contribution in [2.45, 2.75) is 77.2 Å². The number of carbonyl (C=O) groups excluding carboxylic acids is 1. The van der Waals surface area contributed by atoms with E-state index in [1.54, 1.807) is 0 Å². The number of allylic oxidation sites excluding steroid dienone is 2. The number of hydrogen-bond acceptors (Lipinski definition) is 2. The van der Waals surface area contributed by atoms with E-state index in [0.29, 0.717) is 29.7 Å². The Morgan fingerprint density at radius 2 is 1.86 bits per heavy atom. The lowest BCUT2D eigenvalue weighted by Crippen LogP contribution is -2.44. The lowest BCUT2D eigenvalue weighted by atomic mass is 9.82. The van der Waals surface area contributed by atoms with Gasteiger partial charge in [0.05, 0.1) is 10.9 Å². The summed E-state index contributed by atoms with van der Waals surface area (Å²) < 4.78 is 0. The van der Waals surface area contributed by atoms with Gasteiger partial charge in [-0.25, -0.2) is 0 Å². The highest BCUT2D eigenvalue weighted by Crippen LogP contribution is 2.40. The molecule has 1 aliphatic heterocycles. The molecule has 2 atom stereocenters. The highest BCUT2D eigenvalue weighted by molar-refractivity contribution is 5.94. The Bertz CT molecular complexity index is 881. The van der Waals surface area contributed by atoms with Gasteiger partial charge < -0.3 is 10.3 Å². The van der Waals surface area contributed by atoms with Gasteiger partial charge in [-0.05, 0) is 62.7 Å². The maximum atomic E-state index is 13.3. The van der Waals surface area contributed by atoms with E-state index in [1.165, 1.54) is 63.5 Å². The Kier molecular flexibility index (Phi) is 4.90. The average Bonchev–Trinajstić information content (AvgIpc) is 3.62. The van der Waals surface area contributed by atoms with E-state index >= 15 is 0 Å². The fourth-order valence-electron chi connectivity index (χ4n) is 5.14. The van der Waals surface area contributed by atoms with Crippen LogP contribution in [0.1, 0.15) is 81.5 Å². The zero-order valence-electron chi connectivity index (χ0n) is 17.0. The minimum absolute atomic E-state index is 0.0715. The molecule has 2 unspecified atom stereocenters. The number of nitrogens with zero attached hydrogens (tertiary/aromatic N) is 1. The van der Waals surface area contributed by atoms with Gasteiger partial charge in [-0.3, -0.25) is 9.79 Å². The van der Waals surface area contributed by atoms with Crippen molar-refractivity contribution in [2.24, 2.45) is 28.7 Å². The van der Waals surface area contributed by atoms with Crippen LogP contribution in [-0.4, -0.2) is 16.9 Å². The van der Waals surface area contributed by atoms with Crippen molar-refractivity contribution >= 4 is 12.0 Å². The van der Waals surface area contributed by atoms with Crippen LogP contribution in [0.5, 0.6) is 0 Å². The molecule has 150 valence electrons. The van der Waals surface area contributed by atoms with Crippen LogP contribution in [0, 0.1) is 23.7 Å². The van der Waals surface area contributed by atoms with Crippen molar-refractivity contribution in [1.82, 2.24) is 10.3 Å². The van der Waals surface area contributed by atoms with Crippen LogP contribution in [0.25, 0.3) is 6.08 Å². The van der Waals surface area contributed by atoms with Crippen LogP contribution in [0.3, 0.4) is 0 Å². The van der Waals surface area contributed by atoms with Crippen molar-refractivity contribution < 1.29 is 4.79 Å². The van der Waals surface area contributed by atoms with E-state index < -0.39 is 0 Å². The van der Waals surface area contributed by atoms with Gasteiger partial charge in [0, 0.05) is 23.9 Å². The molecule has 5 rings (SSSR count). The molecule has 0 bridgehead atoms. The summed E-state index contributed by atoms with van der Waals surface area (Å²) in [6.07, 6.45) is 19.1. The van der Waals surface area contributed by atoms with Crippen LogP contribution in [0.4, 0.5) is 0 Å². The van der Waals surface area contributed by atoms with Gasteiger partial charge in [-0.2, -0.15) is 0 Å². The Balaban J connectivity index is 1.43. The summed E-state index contributed by atoms with van der Waals surface area (Å²) in [5, 5.41) is 5.34. The first-order valence-electron chi connectivity index (χ1n) is 11.5. The van der Waals surface area contributed by atoms with Crippen LogP contribution < -0.4 is 16.0 Å². The average molecular weight is 380 g/mol. The molecule has 0 radical (unpaired) electrons. The van der Waals surface area contributed by atoms with Crippen molar-refractivity contribution in [1.29, 1.82) is 0 Å². The number of rotatable bonds is 6.